The maximum Gasteiger partial charge on any atom is 0.127 e. The Balaban J connectivity index is 3.08. The van der Waals surface area contributed by atoms with Gasteiger partial charge in [0.2, 0.25) is 0 Å². The van der Waals surface area contributed by atoms with E-state index in [9.17, 15) is 4.79 Å². The Labute approximate surface area is 72.6 Å². The van der Waals surface area contributed by atoms with E-state index in [0.29, 0.717) is 0 Å². The van der Waals surface area contributed by atoms with E-state index in [-0.39, 0.29) is 5.92 Å². The predicted molar refractivity (Wildman–Crippen MR) is 48.2 cm³/mol. The number of carbonyl (C=O) groups excluding carboxylic acids is 1. The van der Waals surface area contributed by atoms with E-state index in [1.54, 1.807) is 0 Å². The van der Waals surface area contributed by atoms with Crippen LogP contribution >= 0.6 is 0 Å². The zero-order valence-corrected chi connectivity index (χ0v) is 7.66. The van der Waals surface area contributed by atoms with Gasteiger partial charge in [-0.2, -0.15) is 0 Å². The van der Waals surface area contributed by atoms with Gasteiger partial charge >= 0.3 is 0 Å². The highest BCUT2D eigenvalue weighted by molar-refractivity contribution is 5.61. The Kier molecular flexibility index (Phi) is 2.58. The Morgan fingerprint density at radius 3 is 2.25 bits per heavy atom. The summed E-state index contributed by atoms with van der Waals surface area (Å²) in [7, 11) is 0. The van der Waals surface area contributed by atoms with Gasteiger partial charge in [0.1, 0.15) is 6.29 Å². The summed E-state index contributed by atoms with van der Waals surface area (Å²) < 4.78 is 0. The van der Waals surface area contributed by atoms with Crippen LogP contribution in [0.3, 0.4) is 0 Å². The first-order valence-corrected chi connectivity index (χ1v) is 4.04. The molecule has 0 fully saturated rings. The lowest BCUT2D eigenvalue weighted by Gasteiger charge is -2.05. The maximum atomic E-state index is 10.5. The molecule has 1 unspecified atom stereocenters. The van der Waals surface area contributed by atoms with Crippen LogP contribution in [0.15, 0.2) is 12.1 Å². The van der Waals surface area contributed by atoms with Gasteiger partial charge in [-0.05, 0) is 31.5 Å². The standard InChI is InChI=1S/C10H13NO/c1-7(6-12)10-4-8(2)11-9(3)5-10/h4-7H,1-3H3. The summed E-state index contributed by atoms with van der Waals surface area (Å²) in [5.41, 5.74) is 2.99. The lowest BCUT2D eigenvalue weighted by atomic mass is 10.0. The number of aromatic nitrogens is 1. The molecule has 0 saturated carbocycles. The van der Waals surface area contributed by atoms with Crippen LogP contribution in [-0.4, -0.2) is 11.3 Å². The third-order valence-corrected chi connectivity index (χ3v) is 1.83. The van der Waals surface area contributed by atoms with Crippen LogP contribution in [0.25, 0.3) is 0 Å². The van der Waals surface area contributed by atoms with E-state index < -0.39 is 0 Å². The number of rotatable bonds is 2. The fraction of sp³-hybridized carbons (Fsp3) is 0.400. The average Bonchev–Trinajstić information content (AvgIpc) is 2.01. The number of hydrogen-bond acceptors (Lipinski definition) is 2. The van der Waals surface area contributed by atoms with E-state index in [1.165, 1.54) is 0 Å². The first-order chi connectivity index (χ1) is 5.63. The van der Waals surface area contributed by atoms with Gasteiger partial charge in [0.15, 0.2) is 0 Å². The summed E-state index contributed by atoms with van der Waals surface area (Å²) in [6.45, 7) is 5.77. The molecule has 0 saturated heterocycles. The molecular weight excluding hydrogens is 150 g/mol. The van der Waals surface area contributed by atoms with Crippen molar-refractivity contribution in [2.45, 2.75) is 26.7 Å². The monoisotopic (exact) mass is 163 g/mol. The molecule has 1 atom stereocenters. The third kappa shape index (κ3) is 1.91. The molecule has 1 aromatic heterocycles. The molecule has 0 spiro atoms. The first-order valence-electron chi connectivity index (χ1n) is 4.04. The number of aldehydes is 1. The molecular formula is C10H13NO. The minimum absolute atomic E-state index is 0.0228. The maximum absolute atomic E-state index is 10.5. The summed E-state index contributed by atoms with van der Waals surface area (Å²) in [5.74, 6) is -0.0228. The lowest BCUT2D eigenvalue weighted by Crippen LogP contribution is -1.97. The molecule has 64 valence electrons. The minimum atomic E-state index is -0.0228. The molecule has 0 N–H and O–H groups in total. The Hall–Kier alpha value is -1.18. The Morgan fingerprint density at radius 1 is 1.33 bits per heavy atom. The predicted octanol–water partition coefficient (Wildman–Crippen LogP) is 2.00. The minimum Gasteiger partial charge on any atom is -0.303 e. The van der Waals surface area contributed by atoms with Crippen molar-refractivity contribution in [3.8, 4) is 0 Å². The zero-order chi connectivity index (χ0) is 9.14. The van der Waals surface area contributed by atoms with Crippen LogP contribution in [0.1, 0.15) is 29.8 Å². The molecule has 0 amide bonds. The normalized spacial score (nSPS) is 12.6. The van der Waals surface area contributed by atoms with E-state index in [1.807, 2.05) is 32.9 Å². The number of carbonyl (C=O) groups is 1. The number of pyridine rings is 1. The topological polar surface area (TPSA) is 30.0 Å². The summed E-state index contributed by atoms with van der Waals surface area (Å²) >= 11 is 0. The van der Waals surface area contributed by atoms with Crippen LogP contribution in [0.2, 0.25) is 0 Å². The lowest BCUT2D eigenvalue weighted by molar-refractivity contribution is -0.108. The van der Waals surface area contributed by atoms with Gasteiger partial charge < -0.3 is 4.79 Å². The van der Waals surface area contributed by atoms with E-state index >= 15 is 0 Å². The third-order valence-electron chi connectivity index (χ3n) is 1.83. The molecule has 0 aliphatic heterocycles. The van der Waals surface area contributed by atoms with Gasteiger partial charge in [-0.15, -0.1) is 0 Å². The van der Waals surface area contributed by atoms with Crippen molar-refractivity contribution in [2.24, 2.45) is 0 Å². The highest BCUT2D eigenvalue weighted by Crippen LogP contribution is 2.14. The second-order valence-electron chi connectivity index (χ2n) is 3.11. The van der Waals surface area contributed by atoms with Gasteiger partial charge in [0.05, 0.1) is 0 Å². The molecule has 2 nitrogen and oxygen atoms in total. The van der Waals surface area contributed by atoms with Gasteiger partial charge in [-0.3, -0.25) is 4.98 Å². The Bertz CT molecular complexity index is 274. The zero-order valence-electron chi connectivity index (χ0n) is 7.66. The SMILES string of the molecule is Cc1cc(C(C)C=O)cc(C)n1. The van der Waals surface area contributed by atoms with Crippen molar-refractivity contribution in [3.05, 3.63) is 29.1 Å². The van der Waals surface area contributed by atoms with Crippen LogP contribution in [-0.2, 0) is 4.79 Å². The molecule has 12 heavy (non-hydrogen) atoms. The molecule has 0 aromatic carbocycles. The van der Waals surface area contributed by atoms with Gasteiger partial charge in [0, 0.05) is 17.3 Å². The molecule has 0 aliphatic carbocycles. The van der Waals surface area contributed by atoms with Crippen LogP contribution in [0.4, 0.5) is 0 Å². The molecule has 1 rings (SSSR count). The molecule has 1 heterocycles. The molecule has 0 radical (unpaired) electrons. The fourth-order valence-corrected chi connectivity index (χ4v) is 1.21. The van der Waals surface area contributed by atoms with Crippen LogP contribution < -0.4 is 0 Å². The summed E-state index contributed by atoms with van der Waals surface area (Å²) in [6, 6.07) is 3.90. The molecule has 1 aromatic rings. The summed E-state index contributed by atoms with van der Waals surface area (Å²) in [6.07, 6.45) is 0.953. The average molecular weight is 163 g/mol. The number of nitrogens with zero attached hydrogens (tertiary/aromatic N) is 1. The van der Waals surface area contributed by atoms with E-state index in [0.717, 1.165) is 23.2 Å². The van der Waals surface area contributed by atoms with Crippen molar-refractivity contribution >= 4 is 6.29 Å². The van der Waals surface area contributed by atoms with Crippen molar-refractivity contribution in [3.63, 3.8) is 0 Å². The highest BCUT2D eigenvalue weighted by atomic mass is 16.1. The van der Waals surface area contributed by atoms with Gasteiger partial charge in [0.25, 0.3) is 0 Å². The van der Waals surface area contributed by atoms with Crippen molar-refractivity contribution in [1.82, 2.24) is 4.98 Å². The van der Waals surface area contributed by atoms with Gasteiger partial charge in [-0.25, -0.2) is 0 Å². The van der Waals surface area contributed by atoms with Crippen LogP contribution in [0, 0.1) is 13.8 Å². The quantitative estimate of drug-likeness (QED) is 0.624. The largest absolute Gasteiger partial charge is 0.303 e. The second-order valence-corrected chi connectivity index (χ2v) is 3.11. The van der Waals surface area contributed by atoms with Crippen molar-refractivity contribution in [2.75, 3.05) is 0 Å². The number of aryl methyl sites for hydroxylation is 2. The van der Waals surface area contributed by atoms with E-state index in [2.05, 4.69) is 4.98 Å². The van der Waals surface area contributed by atoms with E-state index in [4.69, 9.17) is 0 Å². The Morgan fingerprint density at radius 2 is 1.83 bits per heavy atom. The molecule has 0 bridgehead atoms. The number of hydrogen-bond donors (Lipinski definition) is 0. The van der Waals surface area contributed by atoms with Crippen molar-refractivity contribution in [1.29, 1.82) is 0 Å². The highest BCUT2D eigenvalue weighted by Gasteiger charge is 2.04. The summed E-state index contributed by atoms with van der Waals surface area (Å²) in [4.78, 5) is 14.7. The van der Waals surface area contributed by atoms with Crippen LogP contribution in [0.5, 0.6) is 0 Å². The molecule has 0 aliphatic rings. The first kappa shape index (κ1) is 8.91. The fourth-order valence-electron chi connectivity index (χ4n) is 1.21. The summed E-state index contributed by atoms with van der Waals surface area (Å²) in [5, 5.41) is 0. The molecule has 2 heteroatoms. The smallest absolute Gasteiger partial charge is 0.127 e. The van der Waals surface area contributed by atoms with Crippen molar-refractivity contribution < 1.29 is 4.79 Å². The van der Waals surface area contributed by atoms with Gasteiger partial charge in [-0.1, -0.05) is 6.92 Å². The second kappa shape index (κ2) is 3.48.